The molecule has 0 aliphatic carbocycles. The summed E-state index contributed by atoms with van der Waals surface area (Å²) in [5.41, 5.74) is 0. The molecule has 0 aromatic rings. The van der Waals surface area contributed by atoms with Crippen molar-refractivity contribution in [3.8, 4) is 0 Å². The molecular formula is C5H11NO5. The Hall–Kier alpha value is -0.850. The Morgan fingerprint density at radius 2 is 1.73 bits per heavy atom. The quantitative estimate of drug-likeness (QED) is 0.388. The average Bonchev–Trinajstić information content (AvgIpc) is 1.81. The van der Waals surface area contributed by atoms with Crippen LogP contribution in [-0.4, -0.2) is 39.0 Å². The first-order chi connectivity index (χ1) is 4.95. The van der Waals surface area contributed by atoms with Gasteiger partial charge in [-0.15, -0.1) is 0 Å². The fraction of sp³-hybridized carbons (Fsp3) is 0.800. The lowest BCUT2D eigenvalue weighted by molar-refractivity contribution is -0.262. The molecule has 11 heavy (non-hydrogen) atoms. The van der Waals surface area contributed by atoms with Crippen LogP contribution in [0.25, 0.3) is 0 Å². The number of nitrogens with zero attached hydrogens (tertiary/aromatic N) is 1. The molecule has 2 atom stereocenters. The van der Waals surface area contributed by atoms with Crippen molar-refractivity contribution in [3.05, 3.63) is 0 Å². The molecule has 0 bridgehead atoms. The Morgan fingerprint density at radius 3 is 1.82 bits per heavy atom. The average molecular weight is 165 g/mol. The molecule has 3 N–H and O–H groups in total. The predicted molar refractivity (Wildman–Crippen MR) is 34.3 cm³/mol. The van der Waals surface area contributed by atoms with Crippen molar-refractivity contribution in [2.24, 2.45) is 0 Å². The predicted octanol–water partition coefficient (Wildman–Crippen LogP) is -0.425. The maximum atomic E-state index is 9.93. The van der Waals surface area contributed by atoms with Crippen molar-refractivity contribution in [2.45, 2.75) is 26.3 Å². The van der Waals surface area contributed by atoms with Crippen LogP contribution in [-0.2, 0) is 4.84 Å². The van der Waals surface area contributed by atoms with Crippen molar-refractivity contribution in [1.82, 2.24) is 5.06 Å². The SMILES string of the molecule is CC(O)N(OC(=O)O)C(C)O. The Morgan fingerprint density at radius 1 is 1.36 bits per heavy atom. The molecule has 0 saturated carbocycles. The Balaban J connectivity index is 4.00. The summed E-state index contributed by atoms with van der Waals surface area (Å²) in [4.78, 5) is 14.0. The fourth-order valence-electron chi connectivity index (χ4n) is 0.555. The van der Waals surface area contributed by atoms with Crippen LogP contribution >= 0.6 is 0 Å². The summed E-state index contributed by atoms with van der Waals surface area (Å²) in [5, 5.41) is 26.3. The van der Waals surface area contributed by atoms with Crippen molar-refractivity contribution in [3.63, 3.8) is 0 Å². The second-order valence-electron chi connectivity index (χ2n) is 1.98. The van der Waals surface area contributed by atoms with Crippen LogP contribution in [0, 0.1) is 0 Å². The van der Waals surface area contributed by atoms with Crippen molar-refractivity contribution >= 4 is 6.16 Å². The molecule has 0 radical (unpaired) electrons. The van der Waals surface area contributed by atoms with Gasteiger partial charge in [0.05, 0.1) is 0 Å². The second-order valence-corrected chi connectivity index (χ2v) is 1.98. The van der Waals surface area contributed by atoms with E-state index in [2.05, 4.69) is 4.84 Å². The largest absolute Gasteiger partial charge is 0.525 e. The van der Waals surface area contributed by atoms with Gasteiger partial charge in [0, 0.05) is 0 Å². The van der Waals surface area contributed by atoms with Crippen molar-refractivity contribution < 1.29 is 25.0 Å². The zero-order chi connectivity index (χ0) is 9.02. The van der Waals surface area contributed by atoms with E-state index < -0.39 is 18.6 Å². The van der Waals surface area contributed by atoms with E-state index in [4.69, 9.17) is 15.3 Å². The number of carbonyl (C=O) groups is 1. The van der Waals surface area contributed by atoms with Gasteiger partial charge >= 0.3 is 6.16 Å². The van der Waals surface area contributed by atoms with Crippen LogP contribution in [0.2, 0.25) is 0 Å². The van der Waals surface area contributed by atoms with Crippen LogP contribution in [0.4, 0.5) is 4.79 Å². The van der Waals surface area contributed by atoms with Gasteiger partial charge in [0.15, 0.2) is 0 Å². The van der Waals surface area contributed by atoms with E-state index in [1.807, 2.05) is 0 Å². The van der Waals surface area contributed by atoms with Gasteiger partial charge in [-0.25, -0.2) is 4.79 Å². The van der Waals surface area contributed by atoms with E-state index in [-0.39, 0.29) is 0 Å². The molecule has 66 valence electrons. The van der Waals surface area contributed by atoms with Gasteiger partial charge in [-0.2, -0.15) is 0 Å². The number of rotatable bonds is 3. The first kappa shape index (κ1) is 10.2. The zero-order valence-electron chi connectivity index (χ0n) is 6.26. The van der Waals surface area contributed by atoms with E-state index in [1.54, 1.807) is 0 Å². The molecule has 0 spiro atoms. The lowest BCUT2D eigenvalue weighted by atomic mass is 10.5. The molecule has 6 heteroatoms. The van der Waals surface area contributed by atoms with Crippen LogP contribution in [0.15, 0.2) is 0 Å². The number of aliphatic hydroxyl groups excluding tert-OH is 2. The van der Waals surface area contributed by atoms with E-state index in [1.165, 1.54) is 13.8 Å². The van der Waals surface area contributed by atoms with E-state index >= 15 is 0 Å². The maximum absolute atomic E-state index is 9.93. The van der Waals surface area contributed by atoms with Crippen LogP contribution in [0.3, 0.4) is 0 Å². The topological polar surface area (TPSA) is 90.2 Å². The highest BCUT2D eigenvalue weighted by Gasteiger charge is 2.20. The summed E-state index contributed by atoms with van der Waals surface area (Å²) >= 11 is 0. The molecule has 0 rings (SSSR count). The molecule has 0 amide bonds. The normalized spacial score (nSPS) is 16.1. The summed E-state index contributed by atoms with van der Waals surface area (Å²) in [6.07, 6.45) is -3.93. The number of aliphatic hydroxyl groups is 2. The van der Waals surface area contributed by atoms with Gasteiger partial charge in [-0.05, 0) is 13.8 Å². The van der Waals surface area contributed by atoms with Crippen LogP contribution in [0.1, 0.15) is 13.8 Å². The molecule has 0 aliphatic heterocycles. The van der Waals surface area contributed by atoms with Gasteiger partial charge in [-0.1, -0.05) is 5.06 Å². The highest BCUT2D eigenvalue weighted by atomic mass is 16.8. The summed E-state index contributed by atoms with van der Waals surface area (Å²) in [5.74, 6) is 0. The lowest BCUT2D eigenvalue weighted by Gasteiger charge is -2.24. The Bertz CT molecular complexity index is 127. The first-order valence-electron chi connectivity index (χ1n) is 3.00. The number of carboxylic acid groups (broad SMARTS) is 1. The van der Waals surface area contributed by atoms with E-state index in [9.17, 15) is 4.79 Å². The molecule has 0 fully saturated rings. The third-order valence-electron chi connectivity index (χ3n) is 0.920. The highest BCUT2D eigenvalue weighted by molar-refractivity contribution is 5.56. The minimum Gasteiger partial charge on any atom is -0.448 e. The van der Waals surface area contributed by atoms with Crippen LogP contribution < -0.4 is 0 Å². The maximum Gasteiger partial charge on any atom is 0.525 e. The van der Waals surface area contributed by atoms with Crippen LogP contribution in [0.5, 0.6) is 0 Å². The zero-order valence-corrected chi connectivity index (χ0v) is 6.26. The number of hydrogen-bond acceptors (Lipinski definition) is 5. The minimum atomic E-state index is -1.58. The summed E-state index contributed by atoms with van der Waals surface area (Å²) in [6, 6.07) is 0. The molecule has 6 nitrogen and oxygen atoms in total. The van der Waals surface area contributed by atoms with Crippen molar-refractivity contribution in [1.29, 1.82) is 0 Å². The first-order valence-corrected chi connectivity index (χ1v) is 3.00. The van der Waals surface area contributed by atoms with Gasteiger partial charge in [0.2, 0.25) is 0 Å². The van der Waals surface area contributed by atoms with Gasteiger partial charge < -0.3 is 20.2 Å². The minimum absolute atomic E-state index is 0.544. The third-order valence-corrected chi connectivity index (χ3v) is 0.920. The third kappa shape index (κ3) is 3.76. The molecule has 2 unspecified atom stereocenters. The number of hydrogen-bond donors (Lipinski definition) is 3. The van der Waals surface area contributed by atoms with Gasteiger partial charge in [0.1, 0.15) is 12.5 Å². The van der Waals surface area contributed by atoms with Gasteiger partial charge in [0.25, 0.3) is 0 Å². The summed E-state index contributed by atoms with van der Waals surface area (Å²) < 4.78 is 0. The lowest BCUT2D eigenvalue weighted by Crippen LogP contribution is -2.41. The Labute approximate surface area is 63.6 Å². The van der Waals surface area contributed by atoms with E-state index in [0.717, 1.165) is 0 Å². The van der Waals surface area contributed by atoms with Gasteiger partial charge in [-0.3, -0.25) is 0 Å². The van der Waals surface area contributed by atoms with E-state index in [0.29, 0.717) is 5.06 Å². The Kier molecular flexibility index (Phi) is 3.80. The molecule has 0 aromatic heterocycles. The molecule has 0 aliphatic rings. The smallest absolute Gasteiger partial charge is 0.448 e. The molecular weight excluding hydrogens is 154 g/mol. The number of hydroxylamine groups is 2. The molecule has 0 heterocycles. The monoisotopic (exact) mass is 165 g/mol. The van der Waals surface area contributed by atoms with Crippen molar-refractivity contribution in [2.75, 3.05) is 0 Å². The summed E-state index contributed by atoms with van der Waals surface area (Å²) in [7, 11) is 0. The molecule has 0 aromatic carbocycles. The highest BCUT2D eigenvalue weighted by Crippen LogP contribution is 2.01. The summed E-state index contributed by atoms with van der Waals surface area (Å²) in [6.45, 7) is 2.55. The fourth-order valence-corrected chi connectivity index (χ4v) is 0.555. The standard InChI is InChI=1S/C5H11NO5/c1-3(7)6(4(2)8)11-5(9)10/h3-4,7-8H,1-2H3,(H,9,10). The molecule has 0 saturated heterocycles. The second kappa shape index (κ2) is 4.12.